The average molecular weight is 589 g/mol. The first-order valence-electron chi connectivity index (χ1n) is 13.0. The van der Waals surface area contributed by atoms with Crippen LogP contribution >= 0.6 is 0 Å². The van der Waals surface area contributed by atoms with Crippen LogP contribution in [0, 0.1) is 11.7 Å². The van der Waals surface area contributed by atoms with Gasteiger partial charge in [-0.3, -0.25) is 19.5 Å². The van der Waals surface area contributed by atoms with E-state index >= 15 is 0 Å². The third kappa shape index (κ3) is 7.47. The number of likely N-dealkylation sites (tertiary alicyclic amines) is 2. The van der Waals surface area contributed by atoms with Crippen LogP contribution in [0.25, 0.3) is 11.3 Å². The van der Waals surface area contributed by atoms with Crippen LogP contribution in [-0.2, 0) is 16.0 Å². The van der Waals surface area contributed by atoms with Gasteiger partial charge in [0.1, 0.15) is 17.6 Å². The monoisotopic (exact) mass is 588 g/mol. The number of pyridine rings is 1. The van der Waals surface area contributed by atoms with Gasteiger partial charge in [-0.15, -0.1) is 0 Å². The van der Waals surface area contributed by atoms with Crippen LogP contribution in [0.1, 0.15) is 24.8 Å². The molecule has 1 aromatic heterocycles. The number of rotatable bonds is 9. The van der Waals surface area contributed by atoms with Crippen LogP contribution in [0.15, 0.2) is 36.5 Å². The number of nitrogens with two attached hydrogens (primary N) is 1. The zero-order chi connectivity index (χ0) is 29.9. The molecule has 4 rings (SSSR count). The largest absolute Gasteiger partial charge is 0.492 e. The zero-order valence-corrected chi connectivity index (χ0v) is 21.9. The summed E-state index contributed by atoms with van der Waals surface area (Å²) in [5.41, 5.74) is 6.18. The van der Waals surface area contributed by atoms with E-state index in [1.54, 1.807) is 18.2 Å². The highest BCUT2D eigenvalue weighted by atomic mass is 19.4. The lowest BCUT2D eigenvalue weighted by atomic mass is 9.97. The van der Waals surface area contributed by atoms with Gasteiger partial charge in [-0.1, -0.05) is 6.07 Å². The molecule has 2 aliphatic heterocycles. The van der Waals surface area contributed by atoms with Crippen molar-refractivity contribution < 1.29 is 45.8 Å². The molecular weight excluding hydrogens is 558 g/mol. The maximum atomic E-state index is 14.9. The number of hydrogen-bond donors (Lipinski definition) is 2. The Morgan fingerprint density at radius 1 is 1.10 bits per heavy atom. The van der Waals surface area contributed by atoms with Crippen molar-refractivity contribution in [1.29, 1.82) is 0 Å². The summed E-state index contributed by atoms with van der Waals surface area (Å²) in [5.74, 6) is -6.18. The number of aliphatic hydroxyl groups is 1. The number of aliphatic hydroxyl groups excluding tert-OH is 1. The Kier molecular flexibility index (Phi) is 9.12. The average Bonchev–Trinajstić information content (AvgIpc) is 3.30. The predicted molar refractivity (Wildman–Crippen MR) is 134 cm³/mol. The van der Waals surface area contributed by atoms with Gasteiger partial charge in [-0.05, 0) is 61.7 Å². The number of piperidine rings is 1. The minimum atomic E-state index is -5.58. The van der Waals surface area contributed by atoms with E-state index in [9.17, 15) is 41.0 Å². The molecule has 2 amide bonds. The standard InChI is InChI=1S/C27H30F6N4O4/c28-21-9-17(10-24(39)37-13-18(38)11-23(37)25(34)40)1-3-20(21)22-4-2-19(12-35-22)41-14-16-5-7-36(8-6-16)15-26(29,30)27(31,32)33/h1-4,9,12,16,18,23,38H,5-8,10-11,13-15H2,(H2,34,40). The Balaban J connectivity index is 1.28. The maximum absolute atomic E-state index is 14.9. The summed E-state index contributed by atoms with van der Waals surface area (Å²) in [7, 11) is 0. The Hall–Kier alpha value is -3.39. The molecule has 2 atom stereocenters. The molecule has 14 heteroatoms. The van der Waals surface area contributed by atoms with Crippen molar-refractivity contribution in [1.82, 2.24) is 14.8 Å². The van der Waals surface area contributed by atoms with Crippen molar-refractivity contribution in [3.8, 4) is 17.0 Å². The Bertz CT molecular complexity index is 1240. The van der Waals surface area contributed by atoms with Gasteiger partial charge in [0.15, 0.2) is 0 Å². The van der Waals surface area contributed by atoms with E-state index in [0.29, 0.717) is 29.8 Å². The SMILES string of the molecule is NC(=O)C1CC(O)CN1C(=O)Cc1ccc(-c2ccc(OCC3CCN(CC(F)(F)C(F)(F)F)CC3)cn2)c(F)c1. The summed E-state index contributed by atoms with van der Waals surface area (Å²) in [6.45, 7) is -0.952. The lowest BCUT2D eigenvalue weighted by Crippen LogP contribution is -2.49. The molecule has 2 unspecified atom stereocenters. The highest BCUT2D eigenvalue weighted by Crippen LogP contribution is 2.36. The molecule has 2 saturated heterocycles. The second-order valence-electron chi connectivity index (χ2n) is 10.5. The van der Waals surface area contributed by atoms with E-state index in [0.717, 1.165) is 4.90 Å². The normalized spacial score (nSPS) is 20.8. The van der Waals surface area contributed by atoms with E-state index in [4.69, 9.17) is 10.5 Å². The van der Waals surface area contributed by atoms with Crippen molar-refractivity contribution in [2.45, 2.75) is 49.9 Å². The molecule has 0 radical (unpaired) electrons. The van der Waals surface area contributed by atoms with E-state index in [2.05, 4.69) is 4.98 Å². The lowest BCUT2D eigenvalue weighted by Gasteiger charge is -2.34. The van der Waals surface area contributed by atoms with Crippen LogP contribution in [0.2, 0.25) is 0 Å². The van der Waals surface area contributed by atoms with Crippen LogP contribution < -0.4 is 10.5 Å². The number of ether oxygens (including phenoxy) is 1. The fourth-order valence-electron chi connectivity index (χ4n) is 5.03. The third-order valence-electron chi connectivity index (χ3n) is 7.36. The van der Waals surface area contributed by atoms with Crippen molar-refractivity contribution in [2.75, 3.05) is 32.8 Å². The van der Waals surface area contributed by atoms with E-state index in [-0.39, 0.29) is 50.6 Å². The molecule has 2 aliphatic rings. The number of β-amino-alcohol motifs (C(OH)–C–C–N with tert-alkyl or cyclic N) is 1. The van der Waals surface area contributed by atoms with Crippen molar-refractivity contribution >= 4 is 11.8 Å². The maximum Gasteiger partial charge on any atom is 0.454 e. The Morgan fingerprint density at radius 2 is 1.80 bits per heavy atom. The highest BCUT2D eigenvalue weighted by molar-refractivity contribution is 5.88. The van der Waals surface area contributed by atoms with Gasteiger partial charge in [0, 0.05) is 18.5 Å². The molecular formula is C27H30F6N4O4. The molecule has 0 aliphatic carbocycles. The summed E-state index contributed by atoms with van der Waals surface area (Å²) < 4.78 is 84.5. The van der Waals surface area contributed by atoms with Crippen LogP contribution in [0.4, 0.5) is 26.3 Å². The van der Waals surface area contributed by atoms with Gasteiger partial charge in [-0.25, -0.2) is 4.39 Å². The molecule has 8 nitrogen and oxygen atoms in total. The number of halogens is 6. The first kappa shape index (κ1) is 30.6. The summed E-state index contributed by atoms with van der Waals surface area (Å²) in [6.07, 6.45) is -4.35. The number of nitrogens with zero attached hydrogens (tertiary/aromatic N) is 3. The molecule has 3 heterocycles. The smallest absolute Gasteiger partial charge is 0.454 e. The summed E-state index contributed by atoms with van der Waals surface area (Å²) in [6, 6.07) is 6.45. The molecule has 3 N–H and O–H groups in total. The molecule has 1 aromatic carbocycles. The summed E-state index contributed by atoms with van der Waals surface area (Å²) in [5, 5.41) is 9.79. The lowest BCUT2D eigenvalue weighted by molar-refractivity contribution is -0.287. The first-order valence-corrected chi connectivity index (χ1v) is 13.0. The predicted octanol–water partition coefficient (Wildman–Crippen LogP) is 3.17. The fourth-order valence-corrected chi connectivity index (χ4v) is 5.03. The first-order chi connectivity index (χ1) is 19.2. The number of carbonyl (C=O) groups excluding carboxylic acids is 2. The van der Waals surface area contributed by atoms with Crippen LogP contribution in [0.5, 0.6) is 5.75 Å². The second-order valence-corrected chi connectivity index (χ2v) is 10.5. The number of primary amides is 1. The van der Waals surface area contributed by atoms with Gasteiger partial charge >= 0.3 is 12.1 Å². The van der Waals surface area contributed by atoms with E-state index < -0.39 is 48.4 Å². The van der Waals surface area contributed by atoms with Gasteiger partial charge in [-0.2, -0.15) is 22.0 Å². The van der Waals surface area contributed by atoms with E-state index in [1.165, 1.54) is 23.2 Å². The van der Waals surface area contributed by atoms with Crippen molar-refractivity contribution in [3.05, 3.63) is 47.9 Å². The molecule has 0 spiro atoms. The summed E-state index contributed by atoms with van der Waals surface area (Å²) >= 11 is 0. The van der Waals surface area contributed by atoms with Crippen molar-refractivity contribution in [3.63, 3.8) is 0 Å². The fraction of sp³-hybridized carbons (Fsp3) is 0.519. The van der Waals surface area contributed by atoms with Gasteiger partial charge in [0.05, 0.1) is 37.6 Å². The molecule has 2 aromatic rings. The molecule has 0 bridgehead atoms. The number of benzene rings is 1. The molecule has 2 fully saturated rings. The van der Waals surface area contributed by atoms with Crippen LogP contribution in [0.3, 0.4) is 0 Å². The molecule has 0 saturated carbocycles. The minimum absolute atomic E-state index is 0.0224. The Morgan fingerprint density at radius 3 is 2.39 bits per heavy atom. The second kappa shape index (κ2) is 12.2. The molecule has 41 heavy (non-hydrogen) atoms. The number of aromatic nitrogens is 1. The number of hydrogen-bond acceptors (Lipinski definition) is 6. The molecule has 224 valence electrons. The quantitative estimate of drug-likeness (QED) is 0.436. The van der Waals surface area contributed by atoms with Gasteiger partial charge in [0.25, 0.3) is 0 Å². The third-order valence-corrected chi connectivity index (χ3v) is 7.36. The zero-order valence-electron chi connectivity index (χ0n) is 21.9. The number of carbonyl (C=O) groups is 2. The van der Waals surface area contributed by atoms with Crippen LogP contribution in [-0.4, -0.2) is 88.7 Å². The Labute approximate surface area is 232 Å². The number of alkyl halides is 5. The number of amides is 2. The highest BCUT2D eigenvalue weighted by Gasteiger charge is 2.58. The summed E-state index contributed by atoms with van der Waals surface area (Å²) in [4.78, 5) is 30.8. The van der Waals surface area contributed by atoms with Crippen molar-refractivity contribution in [2.24, 2.45) is 11.7 Å². The van der Waals surface area contributed by atoms with Gasteiger partial charge in [0.2, 0.25) is 11.8 Å². The minimum Gasteiger partial charge on any atom is -0.492 e. The van der Waals surface area contributed by atoms with Gasteiger partial charge < -0.3 is 20.5 Å². The topological polar surface area (TPSA) is 109 Å². The van der Waals surface area contributed by atoms with E-state index in [1.807, 2.05) is 0 Å².